The van der Waals surface area contributed by atoms with Crippen molar-refractivity contribution in [3.05, 3.63) is 17.8 Å². The Balaban J connectivity index is 1.89. The lowest BCUT2D eigenvalue weighted by Gasteiger charge is -2.20. The Labute approximate surface area is 78.1 Å². The molecule has 0 N–H and O–H groups in total. The Kier molecular flexibility index (Phi) is 2.64. The Hall–Kier alpha value is -0.830. The van der Waals surface area contributed by atoms with Gasteiger partial charge in [0, 0.05) is 19.6 Å². The van der Waals surface area contributed by atoms with Gasteiger partial charge in [0.2, 0.25) is 0 Å². The summed E-state index contributed by atoms with van der Waals surface area (Å²) in [6, 6.07) is 0. The number of nitrogens with zero attached hydrogens (tertiary/aromatic N) is 1. The first kappa shape index (κ1) is 8.75. The Morgan fingerprint density at radius 1 is 1.46 bits per heavy atom. The lowest BCUT2D eigenvalue weighted by atomic mass is 9.97. The fourth-order valence-corrected chi connectivity index (χ4v) is 1.69. The summed E-state index contributed by atoms with van der Waals surface area (Å²) in [6.45, 7) is 3.72. The van der Waals surface area contributed by atoms with E-state index >= 15 is 0 Å². The average molecular weight is 181 g/mol. The molecule has 0 spiro atoms. The molecule has 0 amide bonds. The van der Waals surface area contributed by atoms with Crippen molar-refractivity contribution in [2.24, 2.45) is 5.92 Å². The molecule has 0 atom stereocenters. The molecule has 72 valence electrons. The minimum Gasteiger partial charge on any atom is -0.446 e. The molecule has 0 radical (unpaired) electrons. The summed E-state index contributed by atoms with van der Waals surface area (Å²) in [5.41, 5.74) is 0. The monoisotopic (exact) mass is 181 g/mol. The quantitative estimate of drug-likeness (QED) is 0.699. The number of aromatic nitrogens is 1. The van der Waals surface area contributed by atoms with E-state index in [0.717, 1.165) is 44.1 Å². The summed E-state index contributed by atoms with van der Waals surface area (Å²) in [5, 5.41) is 0. The first-order valence-corrected chi connectivity index (χ1v) is 4.83. The van der Waals surface area contributed by atoms with Crippen LogP contribution < -0.4 is 0 Å². The largest absolute Gasteiger partial charge is 0.446 e. The summed E-state index contributed by atoms with van der Waals surface area (Å²) in [7, 11) is 0. The highest BCUT2D eigenvalue weighted by atomic mass is 16.5. The Bertz CT molecular complexity index is 264. The minimum absolute atomic E-state index is 0.701. The molecule has 1 aromatic heterocycles. The van der Waals surface area contributed by atoms with Gasteiger partial charge in [0.05, 0.1) is 6.20 Å². The molecule has 1 aromatic rings. The van der Waals surface area contributed by atoms with Gasteiger partial charge in [-0.1, -0.05) is 0 Å². The zero-order chi connectivity index (χ0) is 9.10. The molecule has 13 heavy (non-hydrogen) atoms. The van der Waals surface area contributed by atoms with Crippen molar-refractivity contribution in [3.8, 4) is 0 Å². The molecule has 3 heteroatoms. The van der Waals surface area contributed by atoms with E-state index < -0.39 is 0 Å². The van der Waals surface area contributed by atoms with Gasteiger partial charge in [-0.05, 0) is 25.7 Å². The first-order valence-electron chi connectivity index (χ1n) is 4.83. The van der Waals surface area contributed by atoms with Gasteiger partial charge >= 0.3 is 0 Å². The molecular weight excluding hydrogens is 166 g/mol. The summed E-state index contributed by atoms with van der Waals surface area (Å²) in [4.78, 5) is 4.20. The molecule has 1 fully saturated rings. The maximum atomic E-state index is 5.43. The van der Waals surface area contributed by atoms with Crippen molar-refractivity contribution >= 4 is 0 Å². The van der Waals surface area contributed by atoms with Crippen LogP contribution >= 0.6 is 0 Å². The molecule has 0 aromatic carbocycles. The van der Waals surface area contributed by atoms with E-state index in [1.54, 1.807) is 6.20 Å². The van der Waals surface area contributed by atoms with Gasteiger partial charge in [-0.3, -0.25) is 0 Å². The maximum absolute atomic E-state index is 5.43. The van der Waals surface area contributed by atoms with Crippen LogP contribution in [0.25, 0.3) is 0 Å². The van der Waals surface area contributed by atoms with Crippen LogP contribution in [0.1, 0.15) is 24.5 Å². The molecule has 1 aliphatic heterocycles. The van der Waals surface area contributed by atoms with E-state index in [4.69, 9.17) is 9.15 Å². The zero-order valence-corrected chi connectivity index (χ0v) is 7.95. The second kappa shape index (κ2) is 3.92. The third-order valence-corrected chi connectivity index (χ3v) is 2.47. The number of hydrogen-bond acceptors (Lipinski definition) is 3. The van der Waals surface area contributed by atoms with Crippen LogP contribution in [-0.2, 0) is 11.2 Å². The zero-order valence-electron chi connectivity index (χ0n) is 7.95. The smallest absolute Gasteiger partial charge is 0.194 e. The van der Waals surface area contributed by atoms with Gasteiger partial charge in [0.25, 0.3) is 0 Å². The fraction of sp³-hybridized carbons (Fsp3) is 0.700. The van der Waals surface area contributed by atoms with E-state index in [9.17, 15) is 0 Å². The number of hydrogen-bond donors (Lipinski definition) is 0. The maximum Gasteiger partial charge on any atom is 0.194 e. The van der Waals surface area contributed by atoms with Crippen LogP contribution in [0.5, 0.6) is 0 Å². The molecule has 0 unspecified atom stereocenters. The minimum atomic E-state index is 0.701. The normalized spacial score (nSPS) is 19.2. The molecule has 0 bridgehead atoms. The number of oxazole rings is 1. The third-order valence-electron chi connectivity index (χ3n) is 2.47. The molecule has 3 nitrogen and oxygen atoms in total. The predicted octanol–water partition coefficient (Wildman–Crippen LogP) is 1.95. The second-order valence-electron chi connectivity index (χ2n) is 3.62. The SMILES string of the molecule is Cc1cnc(CC2CCOCC2)o1. The van der Waals surface area contributed by atoms with E-state index in [0.29, 0.717) is 5.92 Å². The van der Waals surface area contributed by atoms with Crippen LogP contribution in [0.4, 0.5) is 0 Å². The van der Waals surface area contributed by atoms with Crippen LogP contribution in [-0.4, -0.2) is 18.2 Å². The highest BCUT2D eigenvalue weighted by molar-refractivity contribution is 4.92. The van der Waals surface area contributed by atoms with Crippen LogP contribution in [0.2, 0.25) is 0 Å². The van der Waals surface area contributed by atoms with Crippen molar-refractivity contribution < 1.29 is 9.15 Å². The lowest BCUT2D eigenvalue weighted by Crippen LogP contribution is -2.17. The van der Waals surface area contributed by atoms with E-state index in [2.05, 4.69) is 4.98 Å². The number of rotatable bonds is 2. The molecule has 0 aliphatic carbocycles. The van der Waals surface area contributed by atoms with E-state index in [-0.39, 0.29) is 0 Å². The molecule has 2 rings (SSSR count). The highest BCUT2D eigenvalue weighted by Crippen LogP contribution is 2.19. The lowest BCUT2D eigenvalue weighted by molar-refractivity contribution is 0.0646. The molecule has 0 saturated carbocycles. The van der Waals surface area contributed by atoms with Crippen LogP contribution in [0, 0.1) is 12.8 Å². The van der Waals surface area contributed by atoms with Crippen LogP contribution in [0.3, 0.4) is 0 Å². The predicted molar refractivity (Wildman–Crippen MR) is 48.5 cm³/mol. The van der Waals surface area contributed by atoms with Crippen molar-refractivity contribution in [3.63, 3.8) is 0 Å². The molecule has 1 aliphatic rings. The van der Waals surface area contributed by atoms with Gasteiger partial charge in [-0.2, -0.15) is 0 Å². The summed E-state index contributed by atoms with van der Waals surface area (Å²) in [6.07, 6.45) is 5.04. The van der Waals surface area contributed by atoms with E-state index in [1.165, 1.54) is 0 Å². The van der Waals surface area contributed by atoms with Crippen LogP contribution in [0.15, 0.2) is 10.6 Å². The molecule has 2 heterocycles. The highest BCUT2D eigenvalue weighted by Gasteiger charge is 2.16. The van der Waals surface area contributed by atoms with Gasteiger partial charge in [-0.25, -0.2) is 4.98 Å². The fourth-order valence-electron chi connectivity index (χ4n) is 1.69. The topological polar surface area (TPSA) is 35.3 Å². The van der Waals surface area contributed by atoms with E-state index in [1.807, 2.05) is 6.92 Å². The van der Waals surface area contributed by atoms with Crippen molar-refractivity contribution in [2.75, 3.05) is 13.2 Å². The van der Waals surface area contributed by atoms with Crippen molar-refractivity contribution in [2.45, 2.75) is 26.2 Å². The standard InChI is InChI=1S/C10H15NO2/c1-8-7-11-10(13-8)6-9-2-4-12-5-3-9/h7,9H,2-6H2,1H3. The second-order valence-corrected chi connectivity index (χ2v) is 3.62. The number of ether oxygens (including phenoxy) is 1. The van der Waals surface area contributed by atoms with Gasteiger partial charge in [0.15, 0.2) is 5.89 Å². The summed E-state index contributed by atoms with van der Waals surface area (Å²) in [5.74, 6) is 2.48. The first-order chi connectivity index (χ1) is 6.34. The summed E-state index contributed by atoms with van der Waals surface area (Å²) >= 11 is 0. The summed E-state index contributed by atoms with van der Waals surface area (Å²) < 4.78 is 10.7. The molecule has 1 saturated heterocycles. The molecular formula is C10H15NO2. The van der Waals surface area contributed by atoms with Gasteiger partial charge in [0.1, 0.15) is 5.76 Å². The van der Waals surface area contributed by atoms with Crippen molar-refractivity contribution in [1.29, 1.82) is 0 Å². The Morgan fingerprint density at radius 3 is 2.85 bits per heavy atom. The van der Waals surface area contributed by atoms with Crippen molar-refractivity contribution in [1.82, 2.24) is 4.98 Å². The third kappa shape index (κ3) is 2.31. The average Bonchev–Trinajstić information content (AvgIpc) is 2.53. The Morgan fingerprint density at radius 2 is 2.23 bits per heavy atom. The van der Waals surface area contributed by atoms with Gasteiger partial charge in [-0.15, -0.1) is 0 Å². The van der Waals surface area contributed by atoms with Gasteiger partial charge < -0.3 is 9.15 Å². The number of aryl methyl sites for hydroxylation is 1.